The Morgan fingerprint density at radius 2 is 2.00 bits per heavy atom. The van der Waals surface area contributed by atoms with Gasteiger partial charge in [-0.3, -0.25) is 9.59 Å². The minimum atomic E-state index is -0.355. The van der Waals surface area contributed by atoms with Crippen LogP contribution in [0.2, 0.25) is 5.02 Å². The number of halogens is 1. The molecule has 8 heteroatoms. The Morgan fingerprint density at radius 3 is 2.74 bits per heavy atom. The molecular formula is C23H22ClN3O4. The molecule has 1 saturated carbocycles. The Labute approximate surface area is 184 Å². The van der Waals surface area contributed by atoms with E-state index in [2.05, 4.69) is 10.5 Å². The van der Waals surface area contributed by atoms with E-state index in [1.165, 1.54) is 0 Å². The van der Waals surface area contributed by atoms with Crippen molar-refractivity contribution in [1.82, 2.24) is 15.4 Å². The molecule has 1 aromatic heterocycles. The normalized spacial score (nSPS) is 13.0. The molecule has 1 aliphatic carbocycles. The van der Waals surface area contributed by atoms with E-state index in [1.807, 2.05) is 12.1 Å². The molecular weight excluding hydrogens is 418 g/mol. The predicted octanol–water partition coefficient (Wildman–Crippen LogP) is 4.07. The lowest BCUT2D eigenvalue weighted by Crippen LogP contribution is -2.32. The first-order chi connectivity index (χ1) is 15.0. The fourth-order valence-electron chi connectivity index (χ4n) is 3.26. The van der Waals surface area contributed by atoms with Crippen LogP contribution in [-0.2, 0) is 13.1 Å². The van der Waals surface area contributed by atoms with E-state index in [0.29, 0.717) is 28.6 Å². The topological polar surface area (TPSA) is 84.7 Å². The highest BCUT2D eigenvalue weighted by Gasteiger charge is 2.34. The number of rotatable bonds is 8. The summed E-state index contributed by atoms with van der Waals surface area (Å²) in [6, 6.07) is 16.0. The highest BCUT2D eigenvalue weighted by atomic mass is 35.5. The summed E-state index contributed by atoms with van der Waals surface area (Å²) in [4.78, 5) is 27.2. The molecule has 0 spiro atoms. The van der Waals surface area contributed by atoms with Crippen LogP contribution in [0, 0.1) is 0 Å². The number of methoxy groups -OCH3 is 1. The molecule has 31 heavy (non-hydrogen) atoms. The summed E-state index contributed by atoms with van der Waals surface area (Å²) in [5.74, 6) is 0.618. The summed E-state index contributed by atoms with van der Waals surface area (Å²) in [5, 5.41) is 7.27. The Morgan fingerprint density at radius 1 is 1.19 bits per heavy atom. The standard InChI is InChI=1S/C23H22ClN3O4/c1-30-19-7-3-5-16(11-19)23(29)27(18-8-9-18)14-20-12-21(26-31-20)22(28)25-13-15-4-2-6-17(24)10-15/h2-7,10-12,18H,8-9,13-14H2,1H3,(H,25,28). The van der Waals surface area contributed by atoms with Gasteiger partial charge in [0.05, 0.1) is 13.7 Å². The molecule has 0 saturated heterocycles. The highest BCUT2D eigenvalue weighted by Crippen LogP contribution is 2.30. The van der Waals surface area contributed by atoms with Crippen LogP contribution in [0.1, 0.15) is 45.0 Å². The van der Waals surface area contributed by atoms with E-state index < -0.39 is 0 Å². The number of hydrogen-bond donors (Lipinski definition) is 1. The lowest BCUT2D eigenvalue weighted by Gasteiger charge is -2.21. The zero-order chi connectivity index (χ0) is 21.8. The van der Waals surface area contributed by atoms with Crippen LogP contribution >= 0.6 is 11.6 Å². The quantitative estimate of drug-likeness (QED) is 0.571. The number of nitrogens with one attached hydrogen (secondary N) is 1. The molecule has 1 fully saturated rings. The Balaban J connectivity index is 1.41. The number of hydrogen-bond acceptors (Lipinski definition) is 5. The van der Waals surface area contributed by atoms with E-state index in [-0.39, 0.29) is 30.1 Å². The van der Waals surface area contributed by atoms with Crippen molar-refractivity contribution in [3.63, 3.8) is 0 Å². The maximum atomic E-state index is 13.0. The lowest BCUT2D eigenvalue weighted by atomic mass is 10.1. The molecule has 2 aromatic carbocycles. The van der Waals surface area contributed by atoms with Gasteiger partial charge in [0.25, 0.3) is 11.8 Å². The van der Waals surface area contributed by atoms with Crippen LogP contribution in [-0.4, -0.2) is 35.0 Å². The fourth-order valence-corrected chi connectivity index (χ4v) is 3.47. The molecule has 1 aliphatic rings. The lowest BCUT2D eigenvalue weighted by molar-refractivity contribution is 0.0712. The SMILES string of the molecule is COc1cccc(C(=O)N(Cc2cc(C(=O)NCc3cccc(Cl)c3)no2)C2CC2)c1. The highest BCUT2D eigenvalue weighted by molar-refractivity contribution is 6.30. The van der Waals surface area contributed by atoms with Crippen LogP contribution in [0.15, 0.2) is 59.1 Å². The second kappa shape index (κ2) is 9.22. The van der Waals surface area contributed by atoms with Gasteiger partial charge in [-0.25, -0.2) is 0 Å². The zero-order valence-electron chi connectivity index (χ0n) is 17.0. The minimum absolute atomic E-state index is 0.107. The molecule has 3 aromatic rings. The number of amides is 2. The maximum absolute atomic E-state index is 13.0. The van der Waals surface area contributed by atoms with Gasteiger partial charge in [-0.2, -0.15) is 0 Å². The summed E-state index contributed by atoms with van der Waals surface area (Å²) >= 11 is 5.97. The van der Waals surface area contributed by atoms with Gasteiger partial charge < -0.3 is 19.5 Å². The van der Waals surface area contributed by atoms with Crippen molar-refractivity contribution in [3.8, 4) is 5.75 Å². The summed E-state index contributed by atoms with van der Waals surface area (Å²) in [5.41, 5.74) is 1.60. The molecule has 4 rings (SSSR count). The Hall–Kier alpha value is -3.32. The van der Waals surface area contributed by atoms with Crippen LogP contribution in [0.3, 0.4) is 0 Å². The zero-order valence-corrected chi connectivity index (χ0v) is 17.8. The van der Waals surface area contributed by atoms with Gasteiger partial charge in [0.1, 0.15) is 5.75 Å². The summed E-state index contributed by atoms with van der Waals surface area (Å²) < 4.78 is 10.6. The van der Waals surface area contributed by atoms with Crippen molar-refractivity contribution in [2.75, 3.05) is 7.11 Å². The average molecular weight is 440 g/mol. The van der Waals surface area contributed by atoms with Crippen molar-refractivity contribution in [2.24, 2.45) is 0 Å². The van der Waals surface area contributed by atoms with E-state index in [0.717, 1.165) is 18.4 Å². The maximum Gasteiger partial charge on any atom is 0.273 e. The number of aromatic nitrogens is 1. The first kappa shape index (κ1) is 20.9. The molecule has 160 valence electrons. The van der Waals surface area contributed by atoms with Crippen LogP contribution in [0.4, 0.5) is 0 Å². The molecule has 2 amide bonds. The van der Waals surface area contributed by atoms with Crippen molar-refractivity contribution in [2.45, 2.75) is 32.0 Å². The van der Waals surface area contributed by atoms with Gasteiger partial charge in [0, 0.05) is 29.2 Å². The van der Waals surface area contributed by atoms with Crippen molar-refractivity contribution < 1.29 is 18.8 Å². The van der Waals surface area contributed by atoms with E-state index >= 15 is 0 Å². The molecule has 1 N–H and O–H groups in total. The fraction of sp³-hybridized carbons (Fsp3) is 0.261. The largest absolute Gasteiger partial charge is 0.497 e. The van der Waals surface area contributed by atoms with E-state index in [4.69, 9.17) is 20.9 Å². The van der Waals surface area contributed by atoms with E-state index in [1.54, 1.807) is 54.5 Å². The molecule has 0 atom stereocenters. The average Bonchev–Trinajstić information content (AvgIpc) is 3.52. The minimum Gasteiger partial charge on any atom is -0.497 e. The number of nitrogens with zero attached hydrogens (tertiary/aromatic N) is 2. The van der Waals surface area contributed by atoms with Gasteiger partial charge in [-0.1, -0.05) is 35.0 Å². The smallest absolute Gasteiger partial charge is 0.273 e. The van der Waals surface area contributed by atoms with Gasteiger partial charge in [-0.05, 0) is 48.7 Å². The third-order valence-corrected chi connectivity index (χ3v) is 5.26. The summed E-state index contributed by atoms with van der Waals surface area (Å²) in [7, 11) is 1.57. The second-order valence-electron chi connectivity index (χ2n) is 7.39. The van der Waals surface area contributed by atoms with Crippen molar-refractivity contribution >= 4 is 23.4 Å². The van der Waals surface area contributed by atoms with Gasteiger partial charge in [0.2, 0.25) is 0 Å². The second-order valence-corrected chi connectivity index (χ2v) is 7.82. The molecule has 0 unspecified atom stereocenters. The number of ether oxygens (including phenoxy) is 1. The Bertz CT molecular complexity index is 1090. The predicted molar refractivity (Wildman–Crippen MR) is 115 cm³/mol. The number of carbonyl (C=O) groups is 2. The third-order valence-electron chi connectivity index (χ3n) is 5.03. The van der Waals surface area contributed by atoms with Crippen molar-refractivity contribution in [1.29, 1.82) is 0 Å². The van der Waals surface area contributed by atoms with Gasteiger partial charge in [-0.15, -0.1) is 0 Å². The van der Waals surface area contributed by atoms with Gasteiger partial charge in [0.15, 0.2) is 11.5 Å². The summed E-state index contributed by atoms with van der Waals surface area (Å²) in [6.45, 7) is 0.569. The number of benzene rings is 2. The molecule has 0 aliphatic heterocycles. The summed E-state index contributed by atoms with van der Waals surface area (Å²) in [6.07, 6.45) is 1.88. The molecule has 7 nitrogen and oxygen atoms in total. The van der Waals surface area contributed by atoms with Crippen molar-refractivity contribution in [3.05, 3.63) is 82.2 Å². The Kier molecular flexibility index (Phi) is 6.23. The van der Waals surface area contributed by atoms with E-state index in [9.17, 15) is 9.59 Å². The van der Waals surface area contributed by atoms with Crippen LogP contribution in [0.5, 0.6) is 5.75 Å². The molecule has 0 bridgehead atoms. The molecule has 0 radical (unpaired) electrons. The van der Waals surface area contributed by atoms with Crippen LogP contribution < -0.4 is 10.1 Å². The third kappa shape index (κ3) is 5.24. The van der Waals surface area contributed by atoms with Crippen LogP contribution in [0.25, 0.3) is 0 Å². The monoisotopic (exact) mass is 439 g/mol. The first-order valence-corrected chi connectivity index (χ1v) is 10.3. The number of carbonyl (C=O) groups excluding carboxylic acids is 2. The molecule has 1 heterocycles. The first-order valence-electron chi connectivity index (χ1n) is 9.97. The van der Waals surface area contributed by atoms with Gasteiger partial charge >= 0.3 is 0 Å².